The van der Waals surface area contributed by atoms with Crippen molar-refractivity contribution in [1.29, 1.82) is 0 Å². The van der Waals surface area contributed by atoms with E-state index in [2.05, 4.69) is 4.98 Å². The molecule has 2 atom stereocenters. The van der Waals surface area contributed by atoms with Crippen LogP contribution < -0.4 is 0 Å². The molecule has 1 aromatic heterocycles. The van der Waals surface area contributed by atoms with Gasteiger partial charge in [0.2, 0.25) is 0 Å². The number of aromatic amines is 1. The SMILES string of the molecule is COC(=O)c1c(C)[nH]c(C(=O)N2C[C@H](C)O[C@@H](C)C2)c1C. The zero-order chi connectivity index (χ0) is 15.7. The summed E-state index contributed by atoms with van der Waals surface area (Å²) in [5.74, 6) is -0.531. The lowest BCUT2D eigenvalue weighted by Crippen LogP contribution is -2.48. The average molecular weight is 294 g/mol. The van der Waals surface area contributed by atoms with Crippen LogP contribution in [-0.4, -0.2) is 54.2 Å². The second-order valence-corrected chi connectivity index (χ2v) is 5.58. The molecule has 1 N–H and O–H groups in total. The molecule has 6 nitrogen and oxygen atoms in total. The molecular formula is C15H22N2O4. The van der Waals surface area contributed by atoms with Crippen molar-refractivity contribution in [2.75, 3.05) is 20.2 Å². The highest BCUT2D eigenvalue weighted by Gasteiger charge is 2.30. The number of hydrogen-bond acceptors (Lipinski definition) is 4. The van der Waals surface area contributed by atoms with Crippen molar-refractivity contribution in [3.63, 3.8) is 0 Å². The fourth-order valence-corrected chi connectivity index (χ4v) is 2.87. The van der Waals surface area contributed by atoms with E-state index in [1.54, 1.807) is 18.7 Å². The summed E-state index contributed by atoms with van der Waals surface area (Å²) in [6, 6.07) is 0. The fourth-order valence-electron chi connectivity index (χ4n) is 2.87. The number of methoxy groups -OCH3 is 1. The van der Waals surface area contributed by atoms with Crippen molar-refractivity contribution in [1.82, 2.24) is 9.88 Å². The van der Waals surface area contributed by atoms with Gasteiger partial charge in [0.1, 0.15) is 5.69 Å². The van der Waals surface area contributed by atoms with Crippen LogP contribution in [0.4, 0.5) is 0 Å². The topological polar surface area (TPSA) is 71.6 Å². The lowest BCUT2D eigenvalue weighted by atomic mass is 10.1. The van der Waals surface area contributed by atoms with Gasteiger partial charge >= 0.3 is 5.97 Å². The second-order valence-electron chi connectivity index (χ2n) is 5.58. The van der Waals surface area contributed by atoms with Crippen molar-refractivity contribution in [3.05, 3.63) is 22.5 Å². The van der Waals surface area contributed by atoms with Crippen molar-refractivity contribution >= 4 is 11.9 Å². The number of aromatic nitrogens is 1. The molecule has 0 bridgehead atoms. The summed E-state index contributed by atoms with van der Waals surface area (Å²) >= 11 is 0. The maximum atomic E-state index is 12.7. The predicted octanol–water partition coefficient (Wildman–Crippen LogP) is 1.67. The normalized spacial score (nSPS) is 22.2. The number of rotatable bonds is 2. The molecular weight excluding hydrogens is 272 g/mol. The van der Waals surface area contributed by atoms with Crippen LogP contribution in [-0.2, 0) is 9.47 Å². The predicted molar refractivity (Wildman–Crippen MR) is 77.5 cm³/mol. The van der Waals surface area contributed by atoms with Gasteiger partial charge in [0.05, 0.1) is 24.9 Å². The van der Waals surface area contributed by atoms with Crippen molar-refractivity contribution in [2.24, 2.45) is 0 Å². The maximum absolute atomic E-state index is 12.7. The molecule has 1 aromatic rings. The molecule has 0 unspecified atom stereocenters. The number of ether oxygens (including phenoxy) is 2. The van der Waals surface area contributed by atoms with E-state index in [1.807, 2.05) is 13.8 Å². The summed E-state index contributed by atoms with van der Waals surface area (Å²) in [6.07, 6.45) is 0.0169. The smallest absolute Gasteiger partial charge is 0.339 e. The summed E-state index contributed by atoms with van der Waals surface area (Å²) in [6.45, 7) is 8.52. The summed E-state index contributed by atoms with van der Waals surface area (Å²) < 4.78 is 10.4. The van der Waals surface area contributed by atoms with Crippen LogP contribution in [0.15, 0.2) is 0 Å². The van der Waals surface area contributed by atoms with E-state index in [9.17, 15) is 9.59 Å². The first kappa shape index (κ1) is 15.6. The van der Waals surface area contributed by atoms with Crippen LogP contribution in [0.3, 0.4) is 0 Å². The molecule has 0 aliphatic carbocycles. The number of amides is 1. The Balaban J connectivity index is 2.30. The molecule has 0 radical (unpaired) electrons. The Morgan fingerprint density at radius 3 is 2.33 bits per heavy atom. The van der Waals surface area contributed by atoms with Crippen molar-refractivity contribution < 1.29 is 19.1 Å². The molecule has 116 valence electrons. The van der Waals surface area contributed by atoms with Gasteiger partial charge in [-0.2, -0.15) is 0 Å². The number of carbonyl (C=O) groups excluding carboxylic acids is 2. The van der Waals surface area contributed by atoms with E-state index in [1.165, 1.54) is 7.11 Å². The van der Waals surface area contributed by atoms with Crippen molar-refractivity contribution in [3.8, 4) is 0 Å². The molecule has 2 heterocycles. The zero-order valence-corrected chi connectivity index (χ0v) is 13.1. The number of morpholine rings is 1. The van der Waals surface area contributed by atoms with Crippen LogP contribution in [0.2, 0.25) is 0 Å². The van der Waals surface area contributed by atoms with Crippen LogP contribution in [0, 0.1) is 13.8 Å². The second kappa shape index (κ2) is 5.89. The summed E-state index contributed by atoms with van der Waals surface area (Å²) in [7, 11) is 1.33. The van der Waals surface area contributed by atoms with Gasteiger partial charge in [0, 0.05) is 18.8 Å². The minimum absolute atomic E-state index is 0.00847. The highest BCUT2D eigenvalue weighted by molar-refractivity contribution is 6.00. The highest BCUT2D eigenvalue weighted by atomic mass is 16.5. The van der Waals surface area contributed by atoms with Gasteiger partial charge in [-0.15, -0.1) is 0 Å². The summed E-state index contributed by atoms with van der Waals surface area (Å²) in [5.41, 5.74) is 2.18. The number of nitrogens with zero attached hydrogens (tertiary/aromatic N) is 1. The molecule has 0 aromatic carbocycles. The number of aryl methyl sites for hydroxylation is 1. The molecule has 1 fully saturated rings. The third kappa shape index (κ3) is 2.95. The Kier molecular flexibility index (Phi) is 4.37. The maximum Gasteiger partial charge on any atom is 0.339 e. The Hall–Kier alpha value is -1.82. The molecule has 2 rings (SSSR count). The van der Waals surface area contributed by atoms with Gasteiger partial charge in [-0.25, -0.2) is 4.79 Å². The monoisotopic (exact) mass is 294 g/mol. The molecule has 1 aliphatic heterocycles. The number of carbonyl (C=O) groups is 2. The molecule has 1 amide bonds. The first-order valence-corrected chi connectivity index (χ1v) is 7.07. The van der Waals surface area contributed by atoms with Crippen molar-refractivity contribution in [2.45, 2.75) is 39.9 Å². The van der Waals surface area contributed by atoms with Gasteiger partial charge in [-0.05, 0) is 33.3 Å². The van der Waals surface area contributed by atoms with E-state index in [0.29, 0.717) is 35.6 Å². The highest BCUT2D eigenvalue weighted by Crippen LogP contribution is 2.22. The number of nitrogens with one attached hydrogen (secondary N) is 1. The molecule has 21 heavy (non-hydrogen) atoms. The van der Waals surface area contributed by atoms with E-state index < -0.39 is 5.97 Å². The van der Waals surface area contributed by atoms with E-state index in [0.717, 1.165) is 0 Å². The Bertz CT molecular complexity index is 554. The zero-order valence-electron chi connectivity index (χ0n) is 13.1. The van der Waals surface area contributed by atoms with E-state index in [-0.39, 0.29) is 18.1 Å². The minimum atomic E-state index is -0.427. The van der Waals surface area contributed by atoms with E-state index in [4.69, 9.17) is 9.47 Å². The third-order valence-corrected chi connectivity index (χ3v) is 3.75. The Morgan fingerprint density at radius 2 is 1.81 bits per heavy atom. The fraction of sp³-hybridized carbons (Fsp3) is 0.600. The number of hydrogen-bond donors (Lipinski definition) is 1. The van der Waals surface area contributed by atoms with Crippen LogP contribution in [0.25, 0.3) is 0 Å². The summed E-state index contributed by atoms with van der Waals surface area (Å²) in [4.78, 5) is 29.2. The van der Waals surface area contributed by atoms with Crippen LogP contribution in [0.5, 0.6) is 0 Å². The Labute approximate surface area is 124 Å². The van der Waals surface area contributed by atoms with Crippen LogP contribution in [0.1, 0.15) is 46.0 Å². The van der Waals surface area contributed by atoms with Gasteiger partial charge in [0.15, 0.2) is 0 Å². The largest absolute Gasteiger partial charge is 0.465 e. The van der Waals surface area contributed by atoms with E-state index >= 15 is 0 Å². The number of H-pyrrole nitrogens is 1. The quantitative estimate of drug-likeness (QED) is 0.842. The number of esters is 1. The lowest BCUT2D eigenvalue weighted by Gasteiger charge is -2.35. The van der Waals surface area contributed by atoms with Crippen LogP contribution >= 0.6 is 0 Å². The molecule has 6 heteroatoms. The van der Waals surface area contributed by atoms with Gasteiger partial charge < -0.3 is 19.4 Å². The third-order valence-electron chi connectivity index (χ3n) is 3.75. The van der Waals surface area contributed by atoms with Gasteiger partial charge in [0.25, 0.3) is 5.91 Å². The summed E-state index contributed by atoms with van der Waals surface area (Å²) in [5, 5.41) is 0. The molecule has 1 saturated heterocycles. The van der Waals surface area contributed by atoms with Gasteiger partial charge in [-0.1, -0.05) is 0 Å². The lowest BCUT2D eigenvalue weighted by molar-refractivity contribution is -0.0587. The molecule has 0 spiro atoms. The Morgan fingerprint density at radius 1 is 1.24 bits per heavy atom. The standard InChI is InChI=1S/C15H22N2O4/c1-8-6-17(7-9(2)21-8)14(18)13-10(3)12(11(4)16-13)15(19)20-5/h8-9,16H,6-7H2,1-5H3/t8-,9-/m0/s1. The van der Waals surface area contributed by atoms with Gasteiger partial charge in [-0.3, -0.25) is 4.79 Å². The molecule has 0 saturated carbocycles. The first-order chi connectivity index (χ1) is 9.85. The molecule has 1 aliphatic rings. The first-order valence-electron chi connectivity index (χ1n) is 7.07. The minimum Gasteiger partial charge on any atom is -0.465 e. The average Bonchev–Trinajstić information content (AvgIpc) is 2.71.